The summed E-state index contributed by atoms with van der Waals surface area (Å²) in [7, 11) is -3.53. The summed E-state index contributed by atoms with van der Waals surface area (Å²) in [5.74, 6) is 0. The van der Waals surface area contributed by atoms with E-state index in [4.69, 9.17) is 5.11 Å². The van der Waals surface area contributed by atoms with Gasteiger partial charge in [0.1, 0.15) is 4.90 Å². The highest BCUT2D eigenvalue weighted by Crippen LogP contribution is 2.31. The molecule has 0 radical (unpaired) electrons. The number of rotatable bonds is 6. The van der Waals surface area contributed by atoms with Crippen LogP contribution >= 0.6 is 27.3 Å². The number of aliphatic hydroxyl groups is 1. The number of nitrogens with zero attached hydrogens (tertiary/aromatic N) is 1. The fourth-order valence-electron chi connectivity index (χ4n) is 2.28. The van der Waals surface area contributed by atoms with Crippen molar-refractivity contribution in [2.45, 2.75) is 37.3 Å². The molecular weight excluding hydrogens is 364 g/mol. The lowest BCUT2D eigenvalue weighted by molar-refractivity contribution is 0.260. The first-order valence-electron chi connectivity index (χ1n) is 6.57. The SMILES string of the molecule is CC(CNS(=O)(=O)c1cc(CO)sc1Br)N1CCCC1. The number of thiophene rings is 1. The number of sulfonamides is 1. The van der Waals surface area contributed by atoms with E-state index in [1.165, 1.54) is 30.2 Å². The Kier molecular flexibility index (Phi) is 5.61. The van der Waals surface area contributed by atoms with Gasteiger partial charge in [0.15, 0.2) is 0 Å². The van der Waals surface area contributed by atoms with Crippen molar-refractivity contribution in [3.05, 3.63) is 14.7 Å². The van der Waals surface area contributed by atoms with Crippen LogP contribution in [0.3, 0.4) is 0 Å². The van der Waals surface area contributed by atoms with Crippen LogP contribution < -0.4 is 4.72 Å². The second-order valence-electron chi connectivity index (χ2n) is 4.95. The summed E-state index contributed by atoms with van der Waals surface area (Å²) in [6.45, 7) is 4.37. The van der Waals surface area contributed by atoms with Gasteiger partial charge in [-0.25, -0.2) is 13.1 Å². The number of halogens is 1. The van der Waals surface area contributed by atoms with Gasteiger partial charge in [-0.3, -0.25) is 4.90 Å². The Morgan fingerprint density at radius 3 is 2.70 bits per heavy atom. The van der Waals surface area contributed by atoms with E-state index in [-0.39, 0.29) is 17.5 Å². The molecule has 0 saturated carbocycles. The second-order valence-corrected chi connectivity index (χ2v) is 9.14. The normalized spacial score (nSPS) is 18.6. The lowest BCUT2D eigenvalue weighted by Gasteiger charge is -2.23. The van der Waals surface area contributed by atoms with Crippen LogP contribution in [0.5, 0.6) is 0 Å². The average molecular weight is 383 g/mol. The maximum Gasteiger partial charge on any atom is 0.242 e. The van der Waals surface area contributed by atoms with Crippen LogP contribution in [0.2, 0.25) is 0 Å². The molecule has 20 heavy (non-hydrogen) atoms. The van der Waals surface area contributed by atoms with E-state index in [9.17, 15) is 8.42 Å². The summed E-state index contributed by atoms with van der Waals surface area (Å²) >= 11 is 4.48. The molecule has 1 aromatic heterocycles. The van der Waals surface area contributed by atoms with Crippen LogP contribution in [0.25, 0.3) is 0 Å². The van der Waals surface area contributed by atoms with E-state index >= 15 is 0 Å². The Hall–Kier alpha value is 0.01000. The molecule has 114 valence electrons. The Balaban J connectivity index is 2.01. The molecular formula is C12H19BrN2O3S2. The van der Waals surface area contributed by atoms with Gasteiger partial charge in [-0.05, 0) is 54.9 Å². The molecule has 2 rings (SSSR count). The number of aliphatic hydroxyl groups excluding tert-OH is 1. The standard InChI is InChI=1S/C12H19BrN2O3S2/c1-9(15-4-2-3-5-15)7-14-20(17,18)11-6-10(8-16)19-12(11)13/h6,9,14,16H,2-5,7-8H2,1H3. The van der Waals surface area contributed by atoms with Crippen LogP contribution in [0.1, 0.15) is 24.6 Å². The lowest BCUT2D eigenvalue weighted by atomic mass is 10.3. The molecule has 0 bridgehead atoms. The van der Waals surface area contributed by atoms with Crippen LogP contribution in [0, 0.1) is 0 Å². The van der Waals surface area contributed by atoms with Crippen LogP contribution in [-0.4, -0.2) is 44.1 Å². The molecule has 0 aliphatic carbocycles. The molecule has 1 aliphatic rings. The van der Waals surface area contributed by atoms with Crippen molar-refractivity contribution in [2.75, 3.05) is 19.6 Å². The van der Waals surface area contributed by atoms with Crippen molar-refractivity contribution >= 4 is 37.3 Å². The third-order valence-corrected chi connectivity index (χ3v) is 7.15. The zero-order chi connectivity index (χ0) is 14.8. The van der Waals surface area contributed by atoms with E-state index in [1.54, 1.807) is 0 Å². The van der Waals surface area contributed by atoms with E-state index in [0.29, 0.717) is 15.2 Å². The number of hydrogen-bond donors (Lipinski definition) is 2. The minimum Gasteiger partial charge on any atom is -0.391 e. The summed E-state index contributed by atoms with van der Waals surface area (Å²) in [5, 5.41) is 9.07. The molecule has 1 aliphatic heterocycles. The monoisotopic (exact) mass is 382 g/mol. The van der Waals surface area contributed by atoms with Crippen molar-refractivity contribution < 1.29 is 13.5 Å². The van der Waals surface area contributed by atoms with Gasteiger partial charge in [0.2, 0.25) is 10.0 Å². The lowest BCUT2D eigenvalue weighted by Crippen LogP contribution is -2.40. The van der Waals surface area contributed by atoms with Gasteiger partial charge in [-0.15, -0.1) is 11.3 Å². The molecule has 0 aromatic carbocycles. The first-order chi connectivity index (χ1) is 9.44. The van der Waals surface area contributed by atoms with Crippen LogP contribution in [0.4, 0.5) is 0 Å². The zero-order valence-electron chi connectivity index (χ0n) is 11.3. The Labute approximate surface area is 132 Å². The van der Waals surface area contributed by atoms with Crippen LogP contribution in [0.15, 0.2) is 14.7 Å². The third-order valence-electron chi connectivity index (χ3n) is 3.48. The Morgan fingerprint density at radius 2 is 2.15 bits per heavy atom. The number of hydrogen-bond acceptors (Lipinski definition) is 5. The summed E-state index contributed by atoms with van der Waals surface area (Å²) in [6.07, 6.45) is 2.38. The molecule has 5 nitrogen and oxygen atoms in total. The first-order valence-corrected chi connectivity index (χ1v) is 9.66. The third kappa shape index (κ3) is 3.80. The molecule has 8 heteroatoms. The highest BCUT2D eigenvalue weighted by molar-refractivity contribution is 9.11. The van der Waals surface area contributed by atoms with E-state index in [0.717, 1.165) is 13.1 Å². The molecule has 1 saturated heterocycles. The summed E-state index contributed by atoms with van der Waals surface area (Å²) in [4.78, 5) is 3.13. The van der Waals surface area contributed by atoms with Gasteiger partial charge in [0.05, 0.1) is 10.4 Å². The van der Waals surface area contributed by atoms with Crippen molar-refractivity contribution in [3.8, 4) is 0 Å². The maximum atomic E-state index is 12.3. The quantitative estimate of drug-likeness (QED) is 0.786. The first kappa shape index (κ1) is 16.4. The minimum atomic E-state index is -3.53. The number of nitrogens with one attached hydrogen (secondary N) is 1. The van der Waals surface area contributed by atoms with E-state index in [2.05, 4.69) is 25.6 Å². The fourth-order valence-corrected chi connectivity index (χ4v) is 5.94. The van der Waals surface area contributed by atoms with Gasteiger partial charge in [0.25, 0.3) is 0 Å². The molecule has 0 amide bonds. The molecule has 1 aromatic rings. The maximum absolute atomic E-state index is 12.3. The predicted octanol–water partition coefficient (Wildman–Crippen LogP) is 1.77. The zero-order valence-corrected chi connectivity index (χ0v) is 14.5. The van der Waals surface area contributed by atoms with Crippen molar-refractivity contribution in [2.24, 2.45) is 0 Å². The Bertz CT molecular complexity index is 553. The molecule has 1 atom stereocenters. The second kappa shape index (κ2) is 6.85. The van der Waals surface area contributed by atoms with Crippen molar-refractivity contribution in [1.82, 2.24) is 9.62 Å². The summed E-state index contributed by atoms with van der Waals surface area (Å²) < 4.78 is 27.7. The van der Waals surface area contributed by atoms with Crippen molar-refractivity contribution in [1.29, 1.82) is 0 Å². The van der Waals surface area contributed by atoms with Gasteiger partial charge >= 0.3 is 0 Å². The van der Waals surface area contributed by atoms with Gasteiger partial charge in [0, 0.05) is 17.5 Å². The van der Waals surface area contributed by atoms with Gasteiger partial charge < -0.3 is 5.11 Å². The average Bonchev–Trinajstić information content (AvgIpc) is 3.05. The highest BCUT2D eigenvalue weighted by atomic mass is 79.9. The largest absolute Gasteiger partial charge is 0.391 e. The molecule has 0 spiro atoms. The fraction of sp³-hybridized carbons (Fsp3) is 0.667. The molecule has 1 fully saturated rings. The highest BCUT2D eigenvalue weighted by Gasteiger charge is 2.23. The smallest absolute Gasteiger partial charge is 0.242 e. The molecule has 1 unspecified atom stereocenters. The van der Waals surface area contributed by atoms with Gasteiger partial charge in [-0.1, -0.05) is 0 Å². The number of likely N-dealkylation sites (tertiary alicyclic amines) is 1. The van der Waals surface area contributed by atoms with Crippen molar-refractivity contribution in [3.63, 3.8) is 0 Å². The predicted molar refractivity (Wildman–Crippen MR) is 83.4 cm³/mol. The van der Waals surface area contributed by atoms with E-state index < -0.39 is 10.0 Å². The summed E-state index contributed by atoms with van der Waals surface area (Å²) in [5.41, 5.74) is 0. The van der Waals surface area contributed by atoms with Gasteiger partial charge in [-0.2, -0.15) is 0 Å². The topological polar surface area (TPSA) is 69.6 Å². The molecule has 2 N–H and O–H groups in total. The summed E-state index contributed by atoms with van der Waals surface area (Å²) in [6, 6.07) is 1.71. The minimum absolute atomic E-state index is 0.150. The molecule has 2 heterocycles. The van der Waals surface area contributed by atoms with E-state index in [1.807, 2.05) is 6.92 Å². The van der Waals surface area contributed by atoms with Crippen LogP contribution in [-0.2, 0) is 16.6 Å². The Morgan fingerprint density at radius 1 is 1.50 bits per heavy atom.